The number of halogens is 1. The molecule has 0 aromatic carbocycles. The Morgan fingerprint density at radius 1 is 1.29 bits per heavy atom. The fraction of sp³-hybridized carbons (Fsp3) is 0.750. The van der Waals surface area contributed by atoms with Crippen molar-refractivity contribution < 1.29 is 4.79 Å². The lowest BCUT2D eigenvalue weighted by Crippen LogP contribution is -2.56. The molecule has 1 amide bonds. The molecule has 0 unspecified atom stereocenters. The lowest BCUT2D eigenvalue weighted by Gasteiger charge is -2.54. The molecule has 1 heterocycles. The van der Waals surface area contributed by atoms with Crippen LogP contribution in [0.15, 0.2) is 10.7 Å². The number of carbonyl (C=O) groups is 1. The zero-order valence-corrected chi connectivity index (χ0v) is 14.0. The molecule has 0 radical (unpaired) electrons. The van der Waals surface area contributed by atoms with E-state index in [-0.39, 0.29) is 5.91 Å². The van der Waals surface area contributed by atoms with Crippen LogP contribution < -0.4 is 5.32 Å². The number of rotatable bonds is 3. The molecule has 1 aromatic rings. The van der Waals surface area contributed by atoms with Gasteiger partial charge >= 0.3 is 0 Å². The van der Waals surface area contributed by atoms with Crippen LogP contribution in [0.25, 0.3) is 0 Å². The Labute approximate surface area is 133 Å². The molecule has 0 saturated heterocycles. The summed E-state index contributed by atoms with van der Waals surface area (Å²) < 4.78 is 2.74. The second-order valence-electron chi connectivity index (χ2n) is 7.26. The molecule has 0 spiro atoms. The molecule has 4 aliphatic rings. The lowest BCUT2D eigenvalue weighted by molar-refractivity contribution is -0.125. The van der Waals surface area contributed by atoms with Crippen LogP contribution in [0.3, 0.4) is 0 Å². The third-order valence-electron chi connectivity index (χ3n) is 5.89. The van der Waals surface area contributed by atoms with E-state index in [1.54, 1.807) is 10.9 Å². The van der Waals surface area contributed by atoms with Crippen LogP contribution in [0.5, 0.6) is 0 Å². The van der Waals surface area contributed by atoms with Crippen molar-refractivity contribution in [2.75, 3.05) is 0 Å². The van der Waals surface area contributed by atoms with Gasteiger partial charge in [0, 0.05) is 6.04 Å². The van der Waals surface area contributed by atoms with E-state index in [1.807, 2.05) is 6.92 Å². The van der Waals surface area contributed by atoms with Crippen molar-refractivity contribution in [3.63, 3.8) is 0 Å². The first kappa shape index (κ1) is 13.8. The van der Waals surface area contributed by atoms with E-state index in [2.05, 4.69) is 26.3 Å². The second-order valence-corrected chi connectivity index (χ2v) is 8.11. The molecule has 21 heavy (non-hydrogen) atoms. The van der Waals surface area contributed by atoms with E-state index >= 15 is 0 Å². The molecule has 0 aliphatic heterocycles. The maximum Gasteiger partial charge on any atom is 0.241 e. The van der Waals surface area contributed by atoms with Gasteiger partial charge in [-0.3, -0.25) is 9.48 Å². The molecular weight excluding hydrogens is 330 g/mol. The van der Waals surface area contributed by atoms with Crippen LogP contribution in [-0.2, 0) is 11.3 Å². The van der Waals surface area contributed by atoms with Crippen LogP contribution in [0.2, 0.25) is 0 Å². The second kappa shape index (κ2) is 5.11. The summed E-state index contributed by atoms with van der Waals surface area (Å²) in [6, 6.07) is 0.421. The van der Waals surface area contributed by atoms with Crippen molar-refractivity contribution in [3.8, 4) is 0 Å². The highest BCUT2D eigenvalue weighted by Crippen LogP contribution is 2.53. The molecule has 114 valence electrons. The number of aromatic nitrogens is 2. The van der Waals surface area contributed by atoms with Crippen molar-refractivity contribution >= 4 is 21.8 Å². The molecule has 4 fully saturated rings. The van der Waals surface area contributed by atoms with Gasteiger partial charge in [-0.2, -0.15) is 5.10 Å². The zero-order valence-electron chi connectivity index (χ0n) is 12.4. The number of carbonyl (C=O) groups excluding carboxylic acids is 1. The van der Waals surface area contributed by atoms with E-state index < -0.39 is 0 Å². The highest BCUT2D eigenvalue weighted by atomic mass is 79.9. The minimum atomic E-state index is 0.117. The molecule has 0 atom stereocenters. The third kappa shape index (κ3) is 2.43. The summed E-state index contributed by atoms with van der Waals surface area (Å²) in [4.78, 5) is 12.4. The number of nitrogens with zero attached hydrogens (tertiary/aromatic N) is 2. The van der Waals surface area contributed by atoms with E-state index in [0.717, 1.165) is 33.8 Å². The van der Waals surface area contributed by atoms with Gasteiger partial charge in [0.25, 0.3) is 0 Å². The Balaban J connectivity index is 1.42. The number of hydrogen-bond acceptors (Lipinski definition) is 2. The van der Waals surface area contributed by atoms with Gasteiger partial charge in [0.05, 0.1) is 16.4 Å². The molecule has 4 aliphatic carbocycles. The summed E-state index contributed by atoms with van der Waals surface area (Å²) in [5.41, 5.74) is 1.01. The third-order valence-corrected chi connectivity index (χ3v) is 6.67. The zero-order chi connectivity index (χ0) is 14.6. The Kier molecular flexibility index (Phi) is 3.36. The van der Waals surface area contributed by atoms with Crippen molar-refractivity contribution in [3.05, 3.63) is 16.4 Å². The van der Waals surface area contributed by atoms with Gasteiger partial charge in [0.1, 0.15) is 6.54 Å². The average Bonchev–Trinajstić information content (AvgIpc) is 2.74. The van der Waals surface area contributed by atoms with E-state index in [4.69, 9.17) is 0 Å². The average molecular weight is 352 g/mol. The molecule has 4 saturated carbocycles. The highest BCUT2D eigenvalue weighted by molar-refractivity contribution is 9.10. The number of amides is 1. The normalized spacial score (nSPS) is 37.0. The topological polar surface area (TPSA) is 46.9 Å². The van der Waals surface area contributed by atoms with Crippen molar-refractivity contribution in [2.24, 2.45) is 23.7 Å². The fourth-order valence-electron chi connectivity index (χ4n) is 5.11. The van der Waals surface area contributed by atoms with E-state index in [9.17, 15) is 4.79 Å². The van der Waals surface area contributed by atoms with Gasteiger partial charge < -0.3 is 5.32 Å². The predicted octanol–water partition coefficient (Wildman–Crippen LogP) is 2.89. The van der Waals surface area contributed by atoms with Crippen molar-refractivity contribution in [1.29, 1.82) is 0 Å². The Bertz CT molecular complexity index is 540. The summed E-state index contributed by atoms with van der Waals surface area (Å²) in [6.45, 7) is 2.31. The van der Waals surface area contributed by atoms with Gasteiger partial charge in [0.15, 0.2) is 0 Å². The maximum absolute atomic E-state index is 12.4. The fourth-order valence-corrected chi connectivity index (χ4v) is 5.41. The predicted molar refractivity (Wildman–Crippen MR) is 83.6 cm³/mol. The van der Waals surface area contributed by atoms with Gasteiger partial charge in [-0.15, -0.1) is 0 Å². The number of nitrogens with one attached hydrogen (secondary N) is 1. The van der Waals surface area contributed by atoms with Crippen molar-refractivity contribution in [1.82, 2.24) is 15.1 Å². The van der Waals surface area contributed by atoms with E-state index in [1.165, 1.54) is 32.1 Å². The van der Waals surface area contributed by atoms with E-state index in [0.29, 0.717) is 12.6 Å². The Hall–Kier alpha value is -0.840. The molecular formula is C16H22BrN3O. The minimum absolute atomic E-state index is 0.117. The minimum Gasteiger partial charge on any atom is -0.351 e. The number of hydrogen-bond donors (Lipinski definition) is 1. The van der Waals surface area contributed by atoms with Crippen LogP contribution in [0.1, 0.15) is 37.8 Å². The summed E-state index contributed by atoms with van der Waals surface area (Å²) >= 11 is 3.44. The van der Waals surface area contributed by atoms with Crippen LogP contribution in [0, 0.1) is 30.6 Å². The van der Waals surface area contributed by atoms with Gasteiger partial charge in [0.2, 0.25) is 5.91 Å². The smallest absolute Gasteiger partial charge is 0.241 e. The first-order valence-electron chi connectivity index (χ1n) is 8.07. The monoisotopic (exact) mass is 351 g/mol. The SMILES string of the molecule is Cc1c(Br)cnn1CC(=O)NC1C2CC3CC(C2)CC1C3. The summed E-state index contributed by atoms with van der Waals surface area (Å²) in [5, 5.41) is 7.58. The van der Waals surface area contributed by atoms with Crippen LogP contribution in [-0.4, -0.2) is 21.7 Å². The summed E-state index contributed by atoms with van der Waals surface area (Å²) in [5.74, 6) is 3.48. The molecule has 5 rings (SSSR count). The Morgan fingerprint density at radius 3 is 2.43 bits per heavy atom. The standard InChI is InChI=1S/C16H22BrN3O/c1-9-14(17)7-18-20(9)8-15(21)19-16-12-3-10-2-11(5-12)6-13(16)4-10/h7,10-13,16H,2-6,8H2,1H3,(H,19,21). The van der Waals surface area contributed by atoms with Crippen molar-refractivity contribution in [2.45, 2.75) is 51.6 Å². The van der Waals surface area contributed by atoms with Gasteiger partial charge in [-0.1, -0.05) is 0 Å². The molecule has 4 nitrogen and oxygen atoms in total. The molecule has 4 bridgehead atoms. The van der Waals surface area contributed by atoms with Gasteiger partial charge in [-0.05, 0) is 78.6 Å². The van der Waals surface area contributed by atoms with Crippen LogP contribution >= 0.6 is 15.9 Å². The Morgan fingerprint density at radius 2 is 1.90 bits per heavy atom. The first-order chi connectivity index (χ1) is 10.1. The van der Waals surface area contributed by atoms with Gasteiger partial charge in [-0.25, -0.2) is 0 Å². The molecule has 5 heteroatoms. The van der Waals surface area contributed by atoms with Crippen LogP contribution in [0.4, 0.5) is 0 Å². The molecule has 1 aromatic heterocycles. The largest absolute Gasteiger partial charge is 0.351 e. The molecule has 1 N–H and O–H groups in total. The quantitative estimate of drug-likeness (QED) is 0.909. The summed E-state index contributed by atoms with van der Waals surface area (Å²) in [6.07, 6.45) is 8.56. The summed E-state index contributed by atoms with van der Waals surface area (Å²) in [7, 11) is 0. The first-order valence-corrected chi connectivity index (χ1v) is 8.86. The highest BCUT2D eigenvalue weighted by Gasteiger charge is 2.48. The lowest BCUT2D eigenvalue weighted by atomic mass is 9.54. The maximum atomic E-state index is 12.4.